The van der Waals surface area contributed by atoms with Crippen molar-refractivity contribution >= 4 is 39.7 Å². The van der Waals surface area contributed by atoms with E-state index in [0.717, 1.165) is 22.4 Å². The molecule has 0 atom stereocenters. The molecule has 3 nitrogen and oxygen atoms in total. The molecule has 2 aromatic heterocycles. The molecular formula is C15H14IN3S. The third-order valence-corrected chi connectivity index (χ3v) is 5.14. The van der Waals surface area contributed by atoms with Gasteiger partial charge < -0.3 is 5.73 Å². The molecule has 0 bridgehead atoms. The molecule has 5 heteroatoms. The fraction of sp³-hybridized carbons (Fsp3) is 0.133. The van der Waals surface area contributed by atoms with Gasteiger partial charge in [-0.15, -0.1) is 11.3 Å². The second kappa shape index (κ2) is 5.21. The number of nitrogens with zero attached hydrogens (tertiary/aromatic N) is 2. The van der Waals surface area contributed by atoms with Crippen molar-refractivity contribution in [1.82, 2.24) is 9.78 Å². The topological polar surface area (TPSA) is 43.8 Å². The lowest BCUT2D eigenvalue weighted by molar-refractivity contribution is 0.782. The van der Waals surface area contributed by atoms with E-state index in [9.17, 15) is 0 Å². The summed E-state index contributed by atoms with van der Waals surface area (Å²) in [4.78, 5) is 0. The molecule has 2 heterocycles. The van der Waals surface area contributed by atoms with Crippen molar-refractivity contribution in [3.05, 3.63) is 44.2 Å². The minimum Gasteiger partial charge on any atom is -0.383 e. The van der Waals surface area contributed by atoms with E-state index < -0.39 is 0 Å². The molecule has 3 rings (SSSR count). The molecule has 0 saturated carbocycles. The SMILES string of the molecule is Cc1ccccc1-c1c(-c2csc(I)c2)nn(C)c1N. The summed E-state index contributed by atoms with van der Waals surface area (Å²) >= 11 is 4.05. The molecule has 0 spiro atoms. The minimum absolute atomic E-state index is 0.704. The van der Waals surface area contributed by atoms with Crippen LogP contribution in [0.3, 0.4) is 0 Å². The lowest BCUT2D eigenvalue weighted by atomic mass is 9.98. The van der Waals surface area contributed by atoms with Gasteiger partial charge in [-0.25, -0.2) is 0 Å². The van der Waals surface area contributed by atoms with Gasteiger partial charge in [0.1, 0.15) is 11.5 Å². The highest BCUT2D eigenvalue weighted by molar-refractivity contribution is 14.1. The Kier molecular flexibility index (Phi) is 3.55. The first-order valence-corrected chi connectivity index (χ1v) is 8.16. The van der Waals surface area contributed by atoms with Crippen molar-refractivity contribution in [2.75, 3.05) is 5.73 Å². The molecular weight excluding hydrogens is 381 g/mol. The third kappa shape index (κ3) is 2.25. The molecule has 0 radical (unpaired) electrons. The summed E-state index contributed by atoms with van der Waals surface area (Å²) in [5.74, 6) is 0.704. The first-order chi connectivity index (χ1) is 9.58. The van der Waals surface area contributed by atoms with Crippen molar-refractivity contribution in [3.8, 4) is 22.4 Å². The van der Waals surface area contributed by atoms with Gasteiger partial charge in [0.05, 0.1) is 8.45 Å². The largest absolute Gasteiger partial charge is 0.383 e. The number of thiophene rings is 1. The number of rotatable bonds is 2. The van der Waals surface area contributed by atoms with Crippen molar-refractivity contribution < 1.29 is 0 Å². The molecule has 0 aliphatic heterocycles. The van der Waals surface area contributed by atoms with Gasteiger partial charge >= 0.3 is 0 Å². The van der Waals surface area contributed by atoms with E-state index >= 15 is 0 Å². The van der Waals surface area contributed by atoms with Gasteiger partial charge in [0.15, 0.2) is 0 Å². The summed E-state index contributed by atoms with van der Waals surface area (Å²) in [6.45, 7) is 2.10. The molecule has 0 fully saturated rings. The van der Waals surface area contributed by atoms with Crippen LogP contribution in [0.2, 0.25) is 0 Å². The number of benzene rings is 1. The molecule has 0 unspecified atom stereocenters. The van der Waals surface area contributed by atoms with Gasteiger partial charge in [-0.2, -0.15) is 5.10 Å². The number of anilines is 1. The fourth-order valence-corrected chi connectivity index (χ4v) is 3.62. The number of hydrogen-bond acceptors (Lipinski definition) is 3. The maximum absolute atomic E-state index is 6.25. The molecule has 20 heavy (non-hydrogen) atoms. The van der Waals surface area contributed by atoms with E-state index in [4.69, 9.17) is 5.73 Å². The Morgan fingerprint density at radius 2 is 2.05 bits per heavy atom. The summed E-state index contributed by atoms with van der Waals surface area (Å²) in [7, 11) is 1.89. The van der Waals surface area contributed by atoms with Crippen LogP contribution in [-0.2, 0) is 7.05 Å². The van der Waals surface area contributed by atoms with Crippen molar-refractivity contribution in [3.63, 3.8) is 0 Å². The van der Waals surface area contributed by atoms with E-state index in [-0.39, 0.29) is 0 Å². The Balaban J connectivity index is 2.28. The summed E-state index contributed by atoms with van der Waals surface area (Å²) in [6, 6.07) is 10.4. The molecule has 2 N–H and O–H groups in total. The van der Waals surface area contributed by atoms with Gasteiger partial charge in [-0.1, -0.05) is 24.3 Å². The van der Waals surface area contributed by atoms with Crippen LogP contribution in [0.1, 0.15) is 5.56 Å². The maximum atomic E-state index is 6.25. The summed E-state index contributed by atoms with van der Waals surface area (Å²) in [6.07, 6.45) is 0. The maximum Gasteiger partial charge on any atom is 0.129 e. The molecule has 0 aliphatic rings. The minimum atomic E-state index is 0.704. The normalized spacial score (nSPS) is 10.9. The Morgan fingerprint density at radius 3 is 2.70 bits per heavy atom. The number of nitrogen functional groups attached to an aromatic ring is 1. The first-order valence-electron chi connectivity index (χ1n) is 6.21. The molecule has 0 aliphatic carbocycles. The summed E-state index contributed by atoms with van der Waals surface area (Å²) in [5.41, 5.74) is 11.7. The van der Waals surface area contributed by atoms with Gasteiger partial charge in [-0.3, -0.25) is 4.68 Å². The average molecular weight is 395 g/mol. The van der Waals surface area contributed by atoms with Crippen molar-refractivity contribution in [2.45, 2.75) is 6.92 Å². The van der Waals surface area contributed by atoms with Gasteiger partial charge in [0.25, 0.3) is 0 Å². The van der Waals surface area contributed by atoms with E-state index in [2.05, 4.69) is 58.2 Å². The Labute approximate surface area is 135 Å². The summed E-state index contributed by atoms with van der Waals surface area (Å²) < 4.78 is 3.00. The van der Waals surface area contributed by atoms with E-state index in [1.165, 1.54) is 8.45 Å². The van der Waals surface area contributed by atoms with Gasteiger partial charge in [0, 0.05) is 18.0 Å². The molecule has 1 aromatic carbocycles. The Bertz CT molecular complexity index is 773. The highest BCUT2D eigenvalue weighted by Gasteiger charge is 2.19. The van der Waals surface area contributed by atoms with Crippen LogP contribution in [0.4, 0.5) is 5.82 Å². The lowest BCUT2D eigenvalue weighted by Gasteiger charge is -2.06. The summed E-state index contributed by atoms with van der Waals surface area (Å²) in [5, 5.41) is 6.74. The zero-order valence-electron chi connectivity index (χ0n) is 11.2. The van der Waals surface area contributed by atoms with E-state index in [1.807, 2.05) is 19.2 Å². The van der Waals surface area contributed by atoms with Gasteiger partial charge in [0.2, 0.25) is 0 Å². The predicted molar refractivity (Wildman–Crippen MR) is 93.8 cm³/mol. The Hall–Kier alpha value is -1.34. The second-order valence-electron chi connectivity index (χ2n) is 4.69. The first kappa shape index (κ1) is 13.6. The Morgan fingerprint density at radius 1 is 1.30 bits per heavy atom. The number of hydrogen-bond donors (Lipinski definition) is 1. The number of nitrogens with two attached hydrogens (primary N) is 1. The number of halogens is 1. The standard InChI is InChI=1S/C15H14IN3S/c1-9-5-3-4-6-11(9)13-14(18-19(2)15(13)17)10-7-12(16)20-8-10/h3-8H,17H2,1-2H3. The molecule has 3 aromatic rings. The van der Waals surface area contributed by atoms with Gasteiger partial charge in [-0.05, 0) is 46.7 Å². The average Bonchev–Trinajstić information content (AvgIpc) is 2.96. The fourth-order valence-electron chi connectivity index (χ4n) is 2.29. The predicted octanol–water partition coefficient (Wildman–Crippen LogP) is 4.31. The van der Waals surface area contributed by atoms with Crippen molar-refractivity contribution in [1.29, 1.82) is 0 Å². The number of aryl methyl sites for hydroxylation is 2. The smallest absolute Gasteiger partial charge is 0.129 e. The van der Waals surface area contributed by atoms with Crippen LogP contribution in [0, 0.1) is 9.81 Å². The second-order valence-corrected chi connectivity index (χ2v) is 7.49. The van der Waals surface area contributed by atoms with Crippen LogP contribution in [0.15, 0.2) is 35.7 Å². The zero-order valence-corrected chi connectivity index (χ0v) is 14.2. The van der Waals surface area contributed by atoms with Crippen LogP contribution in [-0.4, -0.2) is 9.78 Å². The molecule has 0 amide bonds. The van der Waals surface area contributed by atoms with E-state index in [1.54, 1.807) is 16.0 Å². The monoisotopic (exact) mass is 395 g/mol. The molecule has 102 valence electrons. The van der Waals surface area contributed by atoms with Crippen LogP contribution >= 0.6 is 33.9 Å². The van der Waals surface area contributed by atoms with Crippen molar-refractivity contribution in [2.24, 2.45) is 7.05 Å². The van der Waals surface area contributed by atoms with Crippen LogP contribution in [0.5, 0.6) is 0 Å². The van der Waals surface area contributed by atoms with E-state index in [0.29, 0.717) is 5.82 Å². The highest BCUT2D eigenvalue weighted by atomic mass is 127. The third-order valence-electron chi connectivity index (χ3n) is 3.35. The zero-order chi connectivity index (χ0) is 14.3. The quantitative estimate of drug-likeness (QED) is 0.658. The number of aromatic nitrogens is 2. The van der Waals surface area contributed by atoms with Crippen LogP contribution < -0.4 is 5.73 Å². The van der Waals surface area contributed by atoms with Crippen LogP contribution in [0.25, 0.3) is 22.4 Å². The lowest BCUT2D eigenvalue weighted by Crippen LogP contribution is -1.98. The highest BCUT2D eigenvalue weighted by Crippen LogP contribution is 2.38. The molecule has 0 saturated heterocycles.